The topological polar surface area (TPSA) is 86.9 Å². The summed E-state index contributed by atoms with van der Waals surface area (Å²) in [7, 11) is 0. The lowest BCUT2D eigenvalue weighted by molar-refractivity contribution is 0.0941. The van der Waals surface area contributed by atoms with Gasteiger partial charge < -0.3 is 10.6 Å². The number of amides is 2. The smallest absolute Gasteiger partial charge is 0.256 e. The highest BCUT2D eigenvalue weighted by Gasteiger charge is 2.19. The molecule has 2 amide bonds. The number of carbonyl (C=O) groups excluding carboxylic acids is 2. The second-order valence-corrected chi connectivity index (χ2v) is 6.85. The minimum atomic E-state index is -0.236. The molecule has 1 aromatic carbocycles. The minimum absolute atomic E-state index is 0.0733. The Balaban J connectivity index is 1.62. The van der Waals surface area contributed by atoms with Crippen molar-refractivity contribution in [2.45, 2.75) is 51.5 Å². The van der Waals surface area contributed by atoms with E-state index in [4.69, 9.17) is 0 Å². The second kappa shape index (κ2) is 7.51. The van der Waals surface area contributed by atoms with Crippen LogP contribution in [0, 0.1) is 0 Å². The second-order valence-electron chi connectivity index (χ2n) is 6.85. The highest BCUT2D eigenvalue weighted by molar-refractivity contribution is 6.04. The van der Waals surface area contributed by atoms with Crippen molar-refractivity contribution >= 4 is 17.6 Å². The van der Waals surface area contributed by atoms with Gasteiger partial charge in [-0.2, -0.15) is 5.10 Å². The molecule has 1 heterocycles. The molecule has 6 nitrogen and oxygen atoms in total. The summed E-state index contributed by atoms with van der Waals surface area (Å²) in [4.78, 5) is 24.3. The summed E-state index contributed by atoms with van der Waals surface area (Å²) in [5, 5.41) is 12.8. The number of rotatable bonds is 5. The van der Waals surface area contributed by atoms with Crippen LogP contribution in [-0.4, -0.2) is 28.1 Å². The number of aromatic amines is 1. The van der Waals surface area contributed by atoms with E-state index in [2.05, 4.69) is 20.8 Å². The number of nitrogens with zero attached hydrogens (tertiary/aromatic N) is 1. The van der Waals surface area contributed by atoms with Gasteiger partial charge in [0.1, 0.15) is 0 Å². The minimum Gasteiger partial charge on any atom is -0.350 e. The fraction of sp³-hybridized carbons (Fsp3) is 0.421. The Morgan fingerprint density at radius 2 is 1.68 bits per heavy atom. The number of hydrogen-bond donors (Lipinski definition) is 3. The number of anilines is 1. The summed E-state index contributed by atoms with van der Waals surface area (Å²) in [6.45, 7) is 3.81. The van der Waals surface area contributed by atoms with E-state index in [9.17, 15) is 9.59 Å². The van der Waals surface area contributed by atoms with E-state index < -0.39 is 0 Å². The standard InChI is InChI=1S/C19H24N4O2/c1-12(2)20-18(24)14-7-9-15(10-8-14)19(25)21-17-11-16(22-23-17)13-5-3-4-6-13/h7-13H,3-6H2,1-2H3,(H,20,24)(H2,21,22,23,25). The van der Waals surface area contributed by atoms with Gasteiger partial charge in [-0.25, -0.2) is 0 Å². The van der Waals surface area contributed by atoms with E-state index in [0.29, 0.717) is 22.9 Å². The first-order valence-corrected chi connectivity index (χ1v) is 8.80. The number of H-pyrrole nitrogens is 1. The lowest BCUT2D eigenvalue weighted by atomic mass is 10.0. The maximum atomic E-state index is 12.3. The van der Waals surface area contributed by atoms with Gasteiger partial charge in [0.15, 0.2) is 5.82 Å². The Bertz CT molecular complexity index is 743. The molecular weight excluding hydrogens is 316 g/mol. The van der Waals surface area contributed by atoms with Gasteiger partial charge in [-0.1, -0.05) is 12.8 Å². The van der Waals surface area contributed by atoms with Crippen molar-refractivity contribution < 1.29 is 9.59 Å². The van der Waals surface area contributed by atoms with Crippen LogP contribution >= 0.6 is 0 Å². The summed E-state index contributed by atoms with van der Waals surface area (Å²) < 4.78 is 0. The molecule has 2 aromatic rings. The number of nitrogens with one attached hydrogen (secondary N) is 3. The van der Waals surface area contributed by atoms with Crippen molar-refractivity contribution in [3.05, 3.63) is 47.2 Å². The molecule has 1 saturated carbocycles. The largest absolute Gasteiger partial charge is 0.350 e. The predicted molar refractivity (Wildman–Crippen MR) is 96.8 cm³/mol. The average Bonchev–Trinajstić information content (AvgIpc) is 3.25. The first kappa shape index (κ1) is 17.2. The molecule has 3 N–H and O–H groups in total. The van der Waals surface area contributed by atoms with E-state index in [0.717, 1.165) is 5.69 Å². The monoisotopic (exact) mass is 340 g/mol. The first-order chi connectivity index (χ1) is 12.0. The molecule has 6 heteroatoms. The van der Waals surface area contributed by atoms with Gasteiger partial charge in [0, 0.05) is 34.8 Å². The number of aromatic nitrogens is 2. The van der Waals surface area contributed by atoms with Gasteiger partial charge in [-0.3, -0.25) is 14.7 Å². The summed E-state index contributed by atoms with van der Waals surface area (Å²) in [6, 6.07) is 8.59. The average molecular weight is 340 g/mol. The Labute approximate surface area is 147 Å². The van der Waals surface area contributed by atoms with Crippen LogP contribution in [0.25, 0.3) is 0 Å². The van der Waals surface area contributed by atoms with Crippen LogP contribution < -0.4 is 10.6 Å². The number of benzene rings is 1. The molecule has 0 unspecified atom stereocenters. The summed E-state index contributed by atoms with van der Waals surface area (Å²) >= 11 is 0. The van der Waals surface area contributed by atoms with Crippen molar-refractivity contribution in [2.75, 3.05) is 5.32 Å². The lowest BCUT2D eigenvalue weighted by Gasteiger charge is -2.08. The maximum absolute atomic E-state index is 12.3. The zero-order chi connectivity index (χ0) is 17.8. The van der Waals surface area contributed by atoms with E-state index in [1.807, 2.05) is 19.9 Å². The SMILES string of the molecule is CC(C)NC(=O)c1ccc(C(=O)Nc2cc(C3CCCC3)[nH]n2)cc1. The molecule has 25 heavy (non-hydrogen) atoms. The Kier molecular flexibility index (Phi) is 5.16. The highest BCUT2D eigenvalue weighted by atomic mass is 16.2. The van der Waals surface area contributed by atoms with Gasteiger partial charge >= 0.3 is 0 Å². The summed E-state index contributed by atoms with van der Waals surface area (Å²) in [6.07, 6.45) is 4.86. The third-order valence-corrected chi connectivity index (χ3v) is 4.46. The van der Waals surface area contributed by atoms with Gasteiger partial charge in [0.05, 0.1) is 0 Å². The molecule has 1 fully saturated rings. The molecule has 0 atom stereocenters. The Morgan fingerprint density at radius 3 is 2.28 bits per heavy atom. The normalized spacial score (nSPS) is 14.7. The molecule has 0 spiro atoms. The van der Waals surface area contributed by atoms with Gasteiger partial charge in [0.2, 0.25) is 0 Å². The van der Waals surface area contributed by atoms with Crippen molar-refractivity contribution in [3.8, 4) is 0 Å². The molecular formula is C19H24N4O2. The van der Waals surface area contributed by atoms with Crippen molar-refractivity contribution in [1.29, 1.82) is 0 Å². The van der Waals surface area contributed by atoms with Crippen molar-refractivity contribution in [2.24, 2.45) is 0 Å². The quantitative estimate of drug-likeness (QED) is 0.779. The van der Waals surface area contributed by atoms with Gasteiger partial charge in [-0.15, -0.1) is 0 Å². The number of carbonyl (C=O) groups is 2. The fourth-order valence-electron chi connectivity index (χ4n) is 3.15. The molecule has 132 valence electrons. The Morgan fingerprint density at radius 1 is 1.08 bits per heavy atom. The molecule has 1 aromatic heterocycles. The summed E-state index contributed by atoms with van der Waals surface area (Å²) in [5.41, 5.74) is 2.12. The fourth-order valence-corrected chi connectivity index (χ4v) is 3.15. The van der Waals surface area contributed by atoms with Gasteiger partial charge in [-0.05, 0) is 51.0 Å². The van der Waals surface area contributed by atoms with Gasteiger partial charge in [0.25, 0.3) is 11.8 Å². The van der Waals surface area contributed by atoms with E-state index in [-0.39, 0.29) is 17.9 Å². The third kappa shape index (κ3) is 4.26. The van der Waals surface area contributed by atoms with Crippen molar-refractivity contribution in [1.82, 2.24) is 15.5 Å². The molecule has 0 saturated heterocycles. The summed E-state index contributed by atoms with van der Waals surface area (Å²) in [5.74, 6) is 0.682. The van der Waals surface area contributed by atoms with E-state index in [1.54, 1.807) is 24.3 Å². The van der Waals surface area contributed by atoms with Crippen LogP contribution in [0.1, 0.15) is 71.9 Å². The first-order valence-electron chi connectivity index (χ1n) is 8.80. The van der Waals surface area contributed by atoms with Crippen LogP contribution in [0.2, 0.25) is 0 Å². The maximum Gasteiger partial charge on any atom is 0.256 e. The Hall–Kier alpha value is -2.63. The van der Waals surface area contributed by atoms with E-state index >= 15 is 0 Å². The molecule has 0 radical (unpaired) electrons. The third-order valence-electron chi connectivity index (χ3n) is 4.46. The van der Waals surface area contributed by atoms with Crippen LogP contribution in [0.15, 0.2) is 30.3 Å². The van der Waals surface area contributed by atoms with Crippen LogP contribution in [0.3, 0.4) is 0 Å². The zero-order valence-corrected chi connectivity index (χ0v) is 14.6. The van der Waals surface area contributed by atoms with Crippen LogP contribution in [-0.2, 0) is 0 Å². The lowest BCUT2D eigenvalue weighted by Crippen LogP contribution is -2.30. The van der Waals surface area contributed by atoms with E-state index in [1.165, 1.54) is 25.7 Å². The predicted octanol–water partition coefficient (Wildman–Crippen LogP) is 3.46. The molecule has 0 bridgehead atoms. The van der Waals surface area contributed by atoms with Crippen LogP contribution in [0.5, 0.6) is 0 Å². The van der Waals surface area contributed by atoms with Crippen molar-refractivity contribution in [3.63, 3.8) is 0 Å². The van der Waals surface area contributed by atoms with Crippen LogP contribution in [0.4, 0.5) is 5.82 Å². The molecule has 0 aliphatic heterocycles. The molecule has 1 aliphatic carbocycles. The molecule has 3 rings (SSSR count). The zero-order valence-electron chi connectivity index (χ0n) is 14.6. The number of hydrogen-bond acceptors (Lipinski definition) is 3. The molecule has 1 aliphatic rings. The highest BCUT2D eigenvalue weighted by Crippen LogP contribution is 2.33.